The van der Waals surface area contributed by atoms with Crippen LogP contribution in [0.1, 0.15) is 37.6 Å². The Morgan fingerprint density at radius 2 is 2.25 bits per heavy atom. The second kappa shape index (κ2) is 8.53. The standard InChI is InChI=1S/C15H25N3O2/c1-5-9-16-14-13(8-7-10-17-14)15(19)18(6-2)12(3)11-20-4/h7-8,10,12H,5-6,9,11H2,1-4H3,(H,16,17). The highest BCUT2D eigenvalue weighted by Gasteiger charge is 2.22. The molecule has 112 valence electrons. The van der Waals surface area contributed by atoms with Crippen molar-refractivity contribution in [3.8, 4) is 0 Å². The third-order valence-electron chi connectivity index (χ3n) is 3.12. The highest BCUT2D eigenvalue weighted by atomic mass is 16.5. The van der Waals surface area contributed by atoms with Crippen LogP contribution in [0.4, 0.5) is 5.82 Å². The number of carbonyl (C=O) groups excluding carboxylic acids is 1. The molecule has 0 fully saturated rings. The van der Waals surface area contributed by atoms with Crippen molar-refractivity contribution in [2.45, 2.75) is 33.2 Å². The van der Waals surface area contributed by atoms with Crippen LogP contribution >= 0.6 is 0 Å². The summed E-state index contributed by atoms with van der Waals surface area (Å²) in [7, 11) is 1.65. The minimum Gasteiger partial charge on any atom is -0.383 e. The van der Waals surface area contributed by atoms with Crippen LogP contribution in [-0.2, 0) is 4.74 Å². The van der Waals surface area contributed by atoms with Gasteiger partial charge in [-0.25, -0.2) is 4.98 Å². The zero-order valence-electron chi connectivity index (χ0n) is 12.8. The van der Waals surface area contributed by atoms with Gasteiger partial charge in [0.15, 0.2) is 0 Å². The van der Waals surface area contributed by atoms with E-state index >= 15 is 0 Å². The Morgan fingerprint density at radius 1 is 1.50 bits per heavy atom. The molecule has 1 amide bonds. The number of carbonyl (C=O) groups is 1. The molecule has 20 heavy (non-hydrogen) atoms. The fourth-order valence-corrected chi connectivity index (χ4v) is 2.10. The summed E-state index contributed by atoms with van der Waals surface area (Å²) >= 11 is 0. The molecule has 0 aliphatic heterocycles. The smallest absolute Gasteiger partial charge is 0.257 e. The number of nitrogens with one attached hydrogen (secondary N) is 1. The second-order valence-corrected chi connectivity index (χ2v) is 4.72. The Balaban J connectivity index is 2.94. The van der Waals surface area contributed by atoms with Crippen LogP contribution in [0.25, 0.3) is 0 Å². The van der Waals surface area contributed by atoms with E-state index in [-0.39, 0.29) is 11.9 Å². The Labute approximate surface area is 121 Å². The van der Waals surface area contributed by atoms with Crippen molar-refractivity contribution in [2.24, 2.45) is 0 Å². The number of hydrogen-bond acceptors (Lipinski definition) is 4. The Bertz CT molecular complexity index is 423. The van der Waals surface area contributed by atoms with Crippen LogP contribution in [0.2, 0.25) is 0 Å². The predicted octanol–water partition coefficient (Wildman–Crippen LogP) is 2.40. The van der Waals surface area contributed by atoms with Crippen molar-refractivity contribution in [3.63, 3.8) is 0 Å². The molecule has 0 aliphatic carbocycles. The maximum Gasteiger partial charge on any atom is 0.257 e. The molecule has 1 aromatic rings. The van der Waals surface area contributed by atoms with Crippen LogP contribution in [-0.4, -0.2) is 48.6 Å². The van der Waals surface area contributed by atoms with Gasteiger partial charge in [0.1, 0.15) is 5.82 Å². The molecule has 0 bridgehead atoms. The van der Waals surface area contributed by atoms with Crippen LogP contribution in [0, 0.1) is 0 Å². The van der Waals surface area contributed by atoms with E-state index in [4.69, 9.17) is 4.74 Å². The van der Waals surface area contributed by atoms with Crippen LogP contribution < -0.4 is 5.32 Å². The molecule has 1 heterocycles. The molecule has 0 aromatic carbocycles. The molecule has 5 heteroatoms. The van der Waals surface area contributed by atoms with Crippen molar-refractivity contribution in [1.82, 2.24) is 9.88 Å². The summed E-state index contributed by atoms with van der Waals surface area (Å²) in [6, 6.07) is 3.64. The fourth-order valence-electron chi connectivity index (χ4n) is 2.10. The largest absolute Gasteiger partial charge is 0.383 e. The van der Waals surface area contributed by atoms with Gasteiger partial charge < -0.3 is 15.0 Å². The number of amides is 1. The first kappa shape index (κ1) is 16.4. The first-order chi connectivity index (χ1) is 9.65. The molecule has 0 saturated carbocycles. The molecule has 1 N–H and O–H groups in total. The van der Waals surface area contributed by atoms with Crippen LogP contribution in [0.5, 0.6) is 0 Å². The minimum atomic E-state index is -0.0104. The summed E-state index contributed by atoms with van der Waals surface area (Å²) in [5.74, 6) is 0.645. The molecule has 0 saturated heterocycles. The number of nitrogens with zero attached hydrogens (tertiary/aromatic N) is 2. The summed E-state index contributed by atoms with van der Waals surface area (Å²) in [5, 5.41) is 3.20. The summed E-state index contributed by atoms with van der Waals surface area (Å²) < 4.78 is 5.14. The molecular weight excluding hydrogens is 254 g/mol. The molecule has 1 atom stereocenters. The van der Waals surface area contributed by atoms with E-state index < -0.39 is 0 Å². The summed E-state index contributed by atoms with van der Waals surface area (Å²) in [6.07, 6.45) is 2.69. The fraction of sp³-hybridized carbons (Fsp3) is 0.600. The first-order valence-corrected chi connectivity index (χ1v) is 7.14. The highest BCUT2D eigenvalue weighted by molar-refractivity contribution is 5.98. The highest BCUT2D eigenvalue weighted by Crippen LogP contribution is 2.16. The number of pyridine rings is 1. The second-order valence-electron chi connectivity index (χ2n) is 4.72. The van der Waals surface area contributed by atoms with Gasteiger partial charge in [-0.3, -0.25) is 4.79 Å². The van der Waals surface area contributed by atoms with Gasteiger partial charge in [-0.15, -0.1) is 0 Å². The van der Waals surface area contributed by atoms with Crippen molar-refractivity contribution in [1.29, 1.82) is 0 Å². The van der Waals surface area contributed by atoms with Gasteiger partial charge in [0.05, 0.1) is 18.2 Å². The minimum absolute atomic E-state index is 0.0104. The number of methoxy groups -OCH3 is 1. The first-order valence-electron chi connectivity index (χ1n) is 7.14. The molecule has 0 radical (unpaired) electrons. The summed E-state index contributed by atoms with van der Waals surface area (Å²) in [4.78, 5) is 18.7. The van der Waals surface area contributed by atoms with E-state index in [1.807, 2.05) is 19.9 Å². The lowest BCUT2D eigenvalue weighted by Gasteiger charge is -2.28. The lowest BCUT2D eigenvalue weighted by Crippen LogP contribution is -2.41. The lowest BCUT2D eigenvalue weighted by molar-refractivity contribution is 0.0580. The SMILES string of the molecule is CCCNc1ncccc1C(=O)N(CC)C(C)COC. The van der Waals surface area contributed by atoms with Crippen molar-refractivity contribution >= 4 is 11.7 Å². The lowest BCUT2D eigenvalue weighted by atomic mass is 10.2. The maximum absolute atomic E-state index is 12.7. The number of likely N-dealkylation sites (N-methyl/N-ethyl adjacent to an activating group) is 1. The zero-order valence-corrected chi connectivity index (χ0v) is 12.8. The average Bonchev–Trinajstić information content (AvgIpc) is 2.46. The zero-order chi connectivity index (χ0) is 15.0. The molecule has 1 unspecified atom stereocenters. The van der Waals surface area contributed by atoms with E-state index in [1.54, 1.807) is 24.3 Å². The van der Waals surface area contributed by atoms with Crippen molar-refractivity contribution < 1.29 is 9.53 Å². The number of hydrogen-bond donors (Lipinski definition) is 1. The number of anilines is 1. The Hall–Kier alpha value is -1.62. The number of ether oxygens (including phenoxy) is 1. The van der Waals surface area contributed by atoms with E-state index in [1.165, 1.54) is 0 Å². The number of rotatable bonds is 8. The van der Waals surface area contributed by atoms with Gasteiger partial charge in [0.25, 0.3) is 5.91 Å². The maximum atomic E-state index is 12.7. The molecule has 1 aromatic heterocycles. The molecule has 1 rings (SSSR count). The third-order valence-corrected chi connectivity index (χ3v) is 3.12. The van der Waals surface area contributed by atoms with Gasteiger partial charge in [0.2, 0.25) is 0 Å². The third kappa shape index (κ3) is 4.20. The van der Waals surface area contributed by atoms with Gasteiger partial charge in [-0.1, -0.05) is 6.92 Å². The van der Waals surface area contributed by atoms with E-state index in [9.17, 15) is 4.79 Å². The van der Waals surface area contributed by atoms with Crippen LogP contribution in [0.3, 0.4) is 0 Å². The van der Waals surface area contributed by atoms with Gasteiger partial charge in [-0.05, 0) is 32.4 Å². The molecule has 0 spiro atoms. The van der Waals surface area contributed by atoms with E-state index in [2.05, 4.69) is 17.2 Å². The topological polar surface area (TPSA) is 54.5 Å². The summed E-state index contributed by atoms with van der Waals surface area (Å²) in [6.45, 7) is 8.01. The molecule has 5 nitrogen and oxygen atoms in total. The monoisotopic (exact) mass is 279 g/mol. The molecular formula is C15H25N3O2. The predicted molar refractivity (Wildman–Crippen MR) is 81.1 cm³/mol. The normalized spacial score (nSPS) is 12.0. The van der Waals surface area contributed by atoms with E-state index in [0.29, 0.717) is 24.5 Å². The van der Waals surface area contributed by atoms with Crippen molar-refractivity contribution in [3.05, 3.63) is 23.9 Å². The molecule has 0 aliphatic rings. The van der Waals surface area contributed by atoms with Gasteiger partial charge >= 0.3 is 0 Å². The number of aromatic nitrogens is 1. The summed E-state index contributed by atoms with van der Waals surface area (Å²) in [5.41, 5.74) is 0.616. The Kier molecular flexibility index (Phi) is 7.01. The van der Waals surface area contributed by atoms with Crippen LogP contribution in [0.15, 0.2) is 18.3 Å². The van der Waals surface area contributed by atoms with E-state index in [0.717, 1.165) is 13.0 Å². The Morgan fingerprint density at radius 3 is 2.85 bits per heavy atom. The quantitative estimate of drug-likeness (QED) is 0.794. The van der Waals surface area contributed by atoms with Crippen molar-refractivity contribution in [2.75, 3.05) is 32.1 Å². The average molecular weight is 279 g/mol. The van der Waals surface area contributed by atoms with Gasteiger partial charge in [-0.2, -0.15) is 0 Å². The van der Waals surface area contributed by atoms with Gasteiger partial charge in [0, 0.05) is 26.4 Å².